The second-order valence-corrected chi connectivity index (χ2v) is 4.64. The Kier molecular flexibility index (Phi) is 2.75. The predicted molar refractivity (Wildman–Crippen MR) is 51.3 cm³/mol. The van der Waals surface area contributed by atoms with E-state index in [9.17, 15) is 8.78 Å². The molecule has 0 saturated heterocycles. The van der Waals surface area contributed by atoms with Crippen molar-refractivity contribution in [2.24, 2.45) is 5.73 Å². The Bertz CT molecular complexity index is 208. The summed E-state index contributed by atoms with van der Waals surface area (Å²) in [5, 5.41) is 3.07. The van der Waals surface area contributed by atoms with Gasteiger partial charge in [0, 0.05) is 18.5 Å². The number of hydrogen-bond donors (Lipinski definition) is 2. The monoisotopic (exact) mass is 204 g/mol. The summed E-state index contributed by atoms with van der Waals surface area (Å²) < 4.78 is 26.5. The zero-order valence-electron chi connectivity index (χ0n) is 8.31. The molecule has 0 aromatic carbocycles. The Balaban J connectivity index is 1.85. The molecular weight excluding hydrogens is 186 g/mol. The molecule has 2 fully saturated rings. The molecule has 0 aromatic heterocycles. The van der Waals surface area contributed by atoms with Gasteiger partial charge >= 0.3 is 0 Å². The summed E-state index contributed by atoms with van der Waals surface area (Å²) in [4.78, 5) is 0. The fraction of sp³-hybridized carbons (Fsp3) is 1.00. The molecule has 0 aliphatic heterocycles. The minimum atomic E-state index is -2.49. The number of rotatable bonds is 2. The first-order valence-electron chi connectivity index (χ1n) is 5.47. The second-order valence-electron chi connectivity index (χ2n) is 4.64. The van der Waals surface area contributed by atoms with Crippen molar-refractivity contribution in [1.29, 1.82) is 0 Å². The Hall–Kier alpha value is -0.220. The summed E-state index contributed by atoms with van der Waals surface area (Å²) in [5.74, 6) is -2.49. The van der Waals surface area contributed by atoms with Crippen molar-refractivity contribution in [1.82, 2.24) is 5.32 Å². The van der Waals surface area contributed by atoms with Crippen molar-refractivity contribution in [2.45, 2.75) is 62.6 Å². The van der Waals surface area contributed by atoms with Crippen LogP contribution in [0, 0.1) is 0 Å². The van der Waals surface area contributed by atoms with E-state index in [1.807, 2.05) is 0 Å². The van der Waals surface area contributed by atoms with Gasteiger partial charge in [0.05, 0.1) is 6.04 Å². The molecule has 2 rings (SSSR count). The highest BCUT2D eigenvalue weighted by Gasteiger charge is 2.44. The zero-order valence-corrected chi connectivity index (χ0v) is 8.31. The van der Waals surface area contributed by atoms with E-state index in [2.05, 4.69) is 5.32 Å². The van der Waals surface area contributed by atoms with Crippen molar-refractivity contribution in [3.8, 4) is 0 Å². The molecule has 0 radical (unpaired) electrons. The van der Waals surface area contributed by atoms with E-state index in [0.29, 0.717) is 12.8 Å². The normalized spacial score (nSPS) is 41.8. The first-order valence-corrected chi connectivity index (χ1v) is 5.47. The van der Waals surface area contributed by atoms with Crippen LogP contribution in [0.4, 0.5) is 8.78 Å². The van der Waals surface area contributed by atoms with E-state index in [0.717, 1.165) is 19.3 Å². The molecule has 0 heterocycles. The zero-order chi connectivity index (χ0) is 10.2. The molecule has 2 nitrogen and oxygen atoms in total. The number of hydrogen-bond acceptors (Lipinski definition) is 2. The smallest absolute Gasteiger partial charge is 0.263 e. The minimum Gasteiger partial charge on any atom is -0.328 e. The van der Waals surface area contributed by atoms with Crippen molar-refractivity contribution in [3.05, 3.63) is 0 Å². The molecule has 3 N–H and O–H groups in total. The summed E-state index contributed by atoms with van der Waals surface area (Å²) >= 11 is 0. The third kappa shape index (κ3) is 2.06. The van der Waals surface area contributed by atoms with Gasteiger partial charge < -0.3 is 11.1 Å². The quantitative estimate of drug-likeness (QED) is 0.717. The highest BCUT2D eigenvalue weighted by atomic mass is 19.3. The van der Waals surface area contributed by atoms with Crippen LogP contribution in [0.3, 0.4) is 0 Å². The molecule has 2 aliphatic carbocycles. The molecule has 3 atom stereocenters. The van der Waals surface area contributed by atoms with Crippen LogP contribution < -0.4 is 11.1 Å². The lowest BCUT2D eigenvalue weighted by Crippen LogP contribution is -2.45. The SMILES string of the molecule is NC1CCC(NC2CCCC2(F)F)C1. The maximum atomic E-state index is 13.3. The first kappa shape index (κ1) is 10.3. The predicted octanol–water partition coefficient (Wildman–Crippen LogP) is 1.64. The molecular formula is C10H18F2N2. The molecule has 82 valence electrons. The van der Waals surface area contributed by atoms with E-state index in [4.69, 9.17) is 5.73 Å². The van der Waals surface area contributed by atoms with E-state index in [-0.39, 0.29) is 18.5 Å². The maximum absolute atomic E-state index is 13.3. The molecule has 0 amide bonds. The summed E-state index contributed by atoms with van der Waals surface area (Å²) in [6.07, 6.45) is 4.07. The van der Waals surface area contributed by atoms with Gasteiger partial charge in [-0.1, -0.05) is 0 Å². The fourth-order valence-corrected chi connectivity index (χ4v) is 2.58. The molecule has 2 aliphatic rings. The Labute approximate surface area is 83.2 Å². The number of nitrogens with two attached hydrogens (primary N) is 1. The van der Waals surface area contributed by atoms with Gasteiger partial charge in [-0.15, -0.1) is 0 Å². The highest BCUT2D eigenvalue weighted by Crippen LogP contribution is 2.36. The summed E-state index contributed by atoms with van der Waals surface area (Å²) in [6, 6.07) is -0.167. The Morgan fingerprint density at radius 1 is 1.21 bits per heavy atom. The lowest BCUT2D eigenvalue weighted by molar-refractivity contribution is -0.0209. The van der Waals surface area contributed by atoms with Gasteiger partial charge in [-0.3, -0.25) is 0 Å². The van der Waals surface area contributed by atoms with Crippen LogP contribution in [-0.4, -0.2) is 24.0 Å². The third-order valence-corrected chi connectivity index (χ3v) is 3.42. The number of nitrogens with one attached hydrogen (secondary N) is 1. The van der Waals surface area contributed by atoms with Crippen molar-refractivity contribution >= 4 is 0 Å². The molecule has 0 bridgehead atoms. The molecule has 0 spiro atoms. The highest BCUT2D eigenvalue weighted by molar-refractivity contribution is 4.94. The van der Waals surface area contributed by atoms with Gasteiger partial charge in [0.15, 0.2) is 0 Å². The number of halogens is 2. The van der Waals surface area contributed by atoms with Crippen molar-refractivity contribution in [3.63, 3.8) is 0 Å². The van der Waals surface area contributed by atoms with E-state index >= 15 is 0 Å². The average molecular weight is 204 g/mol. The summed E-state index contributed by atoms with van der Waals surface area (Å²) in [6.45, 7) is 0. The van der Waals surface area contributed by atoms with Gasteiger partial charge in [0.1, 0.15) is 0 Å². The molecule has 2 saturated carbocycles. The average Bonchev–Trinajstić information content (AvgIpc) is 2.61. The van der Waals surface area contributed by atoms with Gasteiger partial charge in [0.2, 0.25) is 0 Å². The summed E-state index contributed by atoms with van der Waals surface area (Å²) in [7, 11) is 0. The molecule has 0 aromatic rings. The fourth-order valence-electron chi connectivity index (χ4n) is 2.58. The van der Waals surface area contributed by atoms with E-state index < -0.39 is 12.0 Å². The van der Waals surface area contributed by atoms with Gasteiger partial charge in [-0.2, -0.15) is 0 Å². The topological polar surface area (TPSA) is 38.0 Å². The van der Waals surface area contributed by atoms with Gasteiger partial charge in [-0.05, 0) is 32.1 Å². The van der Waals surface area contributed by atoms with E-state index in [1.54, 1.807) is 0 Å². The Morgan fingerprint density at radius 3 is 2.50 bits per heavy atom. The van der Waals surface area contributed by atoms with E-state index in [1.165, 1.54) is 0 Å². The second kappa shape index (κ2) is 3.74. The molecule has 3 unspecified atom stereocenters. The van der Waals surface area contributed by atoms with Crippen molar-refractivity contribution in [2.75, 3.05) is 0 Å². The molecule has 4 heteroatoms. The lowest BCUT2D eigenvalue weighted by atomic mass is 10.1. The van der Waals surface area contributed by atoms with Crippen LogP contribution in [-0.2, 0) is 0 Å². The number of alkyl halides is 2. The van der Waals surface area contributed by atoms with Crippen LogP contribution in [0.15, 0.2) is 0 Å². The van der Waals surface area contributed by atoms with Crippen LogP contribution >= 0.6 is 0 Å². The van der Waals surface area contributed by atoms with Crippen LogP contribution in [0.1, 0.15) is 38.5 Å². The Morgan fingerprint density at radius 2 is 2.00 bits per heavy atom. The third-order valence-electron chi connectivity index (χ3n) is 3.42. The standard InChI is InChI=1S/C10H18F2N2/c11-10(12)5-1-2-9(10)14-8-4-3-7(13)6-8/h7-9,14H,1-6,13H2. The largest absolute Gasteiger partial charge is 0.328 e. The first-order chi connectivity index (χ1) is 6.58. The summed E-state index contributed by atoms with van der Waals surface area (Å²) in [5.41, 5.74) is 5.74. The van der Waals surface area contributed by atoms with Crippen molar-refractivity contribution < 1.29 is 8.78 Å². The van der Waals surface area contributed by atoms with Crippen LogP contribution in [0.5, 0.6) is 0 Å². The lowest BCUT2D eigenvalue weighted by Gasteiger charge is -2.24. The van der Waals surface area contributed by atoms with Gasteiger partial charge in [0.25, 0.3) is 5.92 Å². The minimum absolute atomic E-state index is 0.0451. The van der Waals surface area contributed by atoms with Gasteiger partial charge in [-0.25, -0.2) is 8.78 Å². The maximum Gasteiger partial charge on any atom is 0.263 e. The van der Waals surface area contributed by atoms with Crippen LogP contribution in [0.2, 0.25) is 0 Å². The molecule has 14 heavy (non-hydrogen) atoms. The van der Waals surface area contributed by atoms with Crippen LogP contribution in [0.25, 0.3) is 0 Å².